The Bertz CT molecular complexity index is 181. The summed E-state index contributed by atoms with van der Waals surface area (Å²) in [6.07, 6.45) is 0. The molecule has 0 amide bonds. The molecule has 4 heteroatoms. The maximum atomic E-state index is 10.7. The SMILES string of the molecule is C[C@H](C(C)(C)O)C(C)(N)C(=O)O. The Morgan fingerprint density at radius 3 is 1.83 bits per heavy atom. The quantitative estimate of drug-likeness (QED) is 0.572. The fourth-order valence-electron chi connectivity index (χ4n) is 0.919. The maximum Gasteiger partial charge on any atom is 0.323 e. The predicted octanol–water partition coefficient (Wildman–Crippen LogP) is 0.195. The van der Waals surface area contributed by atoms with Crippen molar-refractivity contribution >= 4 is 5.97 Å². The highest BCUT2D eigenvalue weighted by atomic mass is 16.4. The molecule has 0 saturated carbocycles. The van der Waals surface area contributed by atoms with Crippen molar-refractivity contribution in [2.45, 2.75) is 38.8 Å². The van der Waals surface area contributed by atoms with Crippen LogP contribution in [0.15, 0.2) is 0 Å². The summed E-state index contributed by atoms with van der Waals surface area (Å²) in [6, 6.07) is 0. The van der Waals surface area contributed by atoms with Crippen LogP contribution in [0.3, 0.4) is 0 Å². The van der Waals surface area contributed by atoms with E-state index < -0.39 is 23.0 Å². The molecule has 12 heavy (non-hydrogen) atoms. The van der Waals surface area contributed by atoms with Crippen LogP contribution in [0.4, 0.5) is 0 Å². The Morgan fingerprint density at radius 2 is 1.75 bits per heavy atom. The second kappa shape index (κ2) is 3.03. The molecule has 2 atom stereocenters. The van der Waals surface area contributed by atoms with Gasteiger partial charge in [-0.1, -0.05) is 6.92 Å². The van der Waals surface area contributed by atoms with Gasteiger partial charge in [0.25, 0.3) is 0 Å². The fourth-order valence-corrected chi connectivity index (χ4v) is 0.919. The molecule has 0 fully saturated rings. The van der Waals surface area contributed by atoms with Crippen molar-refractivity contribution in [3.05, 3.63) is 0 Å². The summed E-state index contributed by atoms with van der Waals surface area (Å²) in [5.74, 6) is -1.61. The molecule has 0 aromatic heterocycles. The summed E-state index contributed by atoms with van der Waals surface area (Å²) in [6.45, 7) is 6.11. The van der Waals surface area contributed by atoms with Gasteiger partial charge in [-0.15, -0.1) is 0 Å². The highest BCUT2D eigenvalue weighted by molar-refractivity contribution is 5.78. The lowest BCUT2D eigenvalue weighted by molar-refractivity contribution is -0.148. The Morgan fingerprint density at radius 1 is 1.42 bits per heavy atom. The number of hydrogen-bond donors (Lipinski definition) is 3. The monoisotopic (exact) mass is 175 g/mol. The predicted molar refractivity (Wildman–Crippen MR) is 45.7 cm³/mol. The molecule has 0 aromatic rings. The van der Waals surface area contributed by atoms with Crippen molar-refractivity contribution < 1.29 is 15.0 Å². The van der Waals surface area contributed by atoms with E-state index in [1.54, 1.807) is 20.8 Å². The average Bonchev–Trinajstić information content (AvgIpc) is 1.83. The number of nitrogens with two attached hydrogens (primary N) is 1. The molecule has 0 aliphatic carbocycles. The Balaban J connectivity index is 4.69. The van der Waals surface area contributed by atoms with Crippen LogP contribution < -0.4 is 5.73 Å². The van der Waals surface area contributed by atoms with Crippen LogP contribution in [0.2, 0.25) is 0 Å². The van der Waals surface area contributed by atoms with E-state index in [4.69, 9.17) is 10.8 Å². The van der Waals surface area contributed by atoms with Gasteiger partial charge in [-0.2, -0.15) is 0 Å². The van der Waals surface area contributed by atoms with Crippen molar-refractivity contribution in [2.75, 3.05) is 0 Å². The van der Waals surface area contributed by atoms with E-state index in [9.17, 15) is 9.90 Å². The van der Waals surface area contributed by atoms with Crippen molar-refractivity contribution in [3.63, 3.8) is 0 Å². The van der Waals surface area contributed by atoms with Crippen molar-refractivity contribution in [2.24, 2.45) is 11.7 Å². The molecular weight excluding hydrogens is 158 g/mol. The first-order chi connectivity index (χ1) is 5.10. The smallest absolute Gasteiger partial charge is 0.323 e. The first-order valence-corrected chi connectivity index (χ1v) is 3.84. The Kier molecular flexibility index (Phi) is 2.88. The van der Waals surface area contributed by atoms with Crippen molar-refractivity contribution in [3.8, 4) is 0 Å². The first-order valence-electron chi connectivity index (χ1n) is 3.84. The van der Waals surface area contributed by atoms with Crippen LogP contribution in [0.5, 0.6) is 0 Å². The number of aliphatic carboxylic acids is 1. The molecule has 0 bridgehead atoms. The summed E-state index contributed by atoms with van der Waals surface area (Å²) in [5.41, 5.74) is 3.06. The maximum absolute atomic E-state index is 10.7. The standard InChI is InChI=1S/C8H17NO3/c1-5(7(2,3)12)8(4,9)6(10)11/h5,12H,9H2,1-4H3,(H,10,11)/t5-,8?/m1/s1. The van der Waals surface area contributed by atoms with Crippen LogP contribution in [0.1, 0.15) is 27.7 Å². The third kappa shape index (κ3) is 2.19. The van der Waals surface area contributed by atoms with Crippen LogP contribution in [-0.4, -0.2) is 27.3 Å². The second-order valence-electron chi connectivity index (χ2n) is 3.96. The van der Waals surface area contributed by atoms with Crippen LogP contribution in [-0.2, 0) is 4.79 Å². The molecule has 0 radical (unpaired) electrons. The Labute approximate surface area is 72.4 Å². The lowest BCUT2D eigenvalue weighted by Crippen LogP contribution is -2.57. The van der Waals surface area contributed by atoms with E-state index in [0.717, 1.165) is 0 Å². The van der Waals surface area contributed by atoms with E-state index in [0.29, 0.717) is 0 Å². The molecular formula is C8H17NO3. The number of carboxylic acids is 1. The van der Waals surface area contributed by atoms with E-state index >= 15 is 0 Å². The van der Waals surface area contributed by atoms with Crippen molar-refractivity contribution in [1.82, 2.24) is 0 Å². The number of carboxylic acid groups (broad SMARTS) is 1. The molecule has 0 aromatic carbocycles. The molecule has 0 heterocycles. The summed E-state index contributed by atoms with van der Waals surface area (Å²) in [7, 11) is 0. The number of rotatable bonds is 3. The van der Waals surface area contributed by atoms with Crippen LogP contribution in [0.25, 0.3) is 0 Å². The third-order valence-corrected chi connectivity index (χ3v) is 2.42. The van der Waals surface area contributed by atoms with Gasteiger partial charge in [0.15, 0.2) is 0 Å². The molecule has 0 aliphatic heterocycles. The summed E-state index contributed by atoms with van der Waals surface area (Å²) >= 11 is 0. The minimum Gasteiger partial charge on any atom is -0.480 e. The van der Waals surface area contributed by atoms with Gasteiger partial charge in [0, 0.05) is 5.92 Å². The molecule has 1 unspecified atom stereocenters. The van der Waals surface area contributed by atoms with Gasteiger partial charge < -0.3 is 15.9 Å². The molecule has 0 spiro atoms. The second-order valence-corrected chi connectivity index (χ2v) is 3.96. The largest absolute Gasteiger partial charge is 0.480 e. The minimum absolute atomic E-state index is 0.512. The first kappa shape index (κ1) is 11.4. The van der Waals surface area contributed by atoms with Gasteiger partial charge >= 0.3 is 5.97 Å². The molecule has 0 rings (SSSR count). The van der Waals surface area contributed by atoms with E-state index in [1.807, 2.05) is 0 Å². The molecule has 0 saturated heterocycles. The van der Waals surface area contributed by atoms with Crippen LogP contribution in [0, 0.1) is 5.92 Å². The Hall–Kier alpha value is -0.610. The minimum atomic E-state index is -1.39. The zero-order valence-corrected chi connectivity index (χ0v) is 7.96. The summed E-state index contributed by atoms with van der Waals surface area (Å²) in [5, 5.41) is 18.3. The molecule has 72 valence electrons. The van der Waals surface area contributed by atoms with Gasteiger partial charge in [-0.3, -0.25) is 4.79 Å². The number of hydrogen-bond acceptors (Lipinski definition) is 3. The highest BCUT2D eigenvalue weighted by Crippen LogP contribution is 2.25. The normalized spacial score (nSPS) is 19.8. The van der Waals surface area contributed by atoms with E-state index in [2.05, 4.69) is 0 Å². The third-order valence-electron chi connectivity index (χ3n) is 2.42. The number of aliphatic hydroxyl groups is 1. The van der Waals surface area contributed by atoms with E-state index in [-0.39, 0.29) is 0 Å². The van der Waals surface area contributed by atoms with Gasteiger partial charge in [0.05, 0.1) is 5.60 Å². The average molecular weight is 175 g/mol. The van der Waals surface area contributed by atoms with Gasteiger partial charge in [0.1, 0.15) is 5.54 Å². The van der Waals surface area contributed by atoms with Gasteiger partial charge in [-0.05, 0) is 20.8 Å². The molecule has 4 nitrogen and oxygen atoms in total. The van der Waals surface area contributed by atoms with E-state index in [1.165, 1.54) is 6.92 Å². The fraction of sp³-hybridized carbons (Fsp3) is 0.875. The van der Waals surface area contributed by atoms with Crippen molar-refractivity contribution in [1.29, 1.82) is 0 Å². The van der Waals surface area contributed by atoms with Gasteiger partial charge in [0.2, 0.25) is 0 Å². The zero-order valence-electron chi connectivity index (χ0n) is 7.96. The van der Waals surface area contributed by atoms with Gasteiger partial charge in [-0.25, -0.2) is 0 Å². The lowest BCUT2D eigenvalue weighted by atomic mass is 9.77. The number of carbonyl (C=O) groups is 1. The summed E-state index contributed by atoms with van der Waals surface area (Å²) in [4.78, 5) is 10.7. The topological polar surface area (TPSA) is 83.5 Å². The molecule has 0 aliphatic rings. The summed E-state index contributed by atoms with van der Waals surface area (Å²) < 4.78 is 0. The van der Waals surface area contributed by atoms with Crippen LogP contribution >= 0.6 is 0 Å². The lowest BCUT2D eigenvalue weighted by Gasteiger charge is -2.35. The zero-order chi connectivity index (χ0) is 10.2. The highest BCUT2D eigenvalue weighted by Gasteiger charge is 2.42. The molecule has 4 N–H and O–H groups in total.